The molecule has 0 amide bonds. The zero-order valence-corrected chi connectivity index (χ0v) is 10.5. The first kappa shape index (κ1) is 12.0. The highest BCUT2D eigenvalue weighted by Gasteiger charge is 2.20. The molecule has 2 rings (SSSR count). The number of Topliss-reactive ketones (excluding diaryl/α,β-unsaturated/α-hetero) is 1. The largest absolute Gasteiger partial charge is 0.290 e. The minimum Gasteiger partial charge on any atom is -0.290 e. The van der Waals surface area contributed by atoms with Crippen molar-refractivity contribution in [2.45, 2.75) is 6.17 Å². The molecule has 17 heavy (non-hydrogen) atoms. The van der Waals surface area contributed by atoms with Crippen molar-refractivity contribution in [1.29, 1.82) is 0 Å². The van der Waals surface area contributed by atoms with Crippen molar-refractivity contribution in [3.05, 3.63) is 70.2 Å². The maximum absolute atomic E-state index is 14.0. The third kappa shape index (κ3) is 2.80. The van der Waals surface area contributed by atoms with Crippen LogP contribution in [0.3, 0.4) is 0 Å². The third-order valence-electron chi connectivity index (χ3n) is 2.45. The van der Waals surface area contributed by atoms with Crippen LogP contribution < -0.4 is 0 Å². The molecular formula is C14H10BrFO. The normalized spacial score (nSPS) is 12.1. The van der Waals surface area contributed by atoms with Crippen LogP contribution >= 0.6 is 15.9 Å². The van der Waals surface area contributed by atoms with Crippen molar-refractivity contribution >= 4 is 21.7 Å². The van der Waals surface area contributed by atoms with Crippen molar-refractivity contribution in [1.82, 2.24) is 0 Å². The lowest BCUT2D eigenvalue weighted by Gasteiger charge is -2.07. The van der Waals surface area contributed by atoms with Gasteiger partial charge in [-0.1, -0.05) is 58.4 Å². The Morgan fingerprint density at radius 3 is 2.18 bits per heavy atom. The first-order valence-electron chi connectivity index (χ1n) is 5.17. The molecule has 0 N–H and O–H groups in total. The molecule has 0 aliphatic heterocycles. The summed E-state index contributed by atoms with van der Waals surface area (Å²) < 4.78 is 14.8. The van der Waals surface area contributed by atoms with Crippen LogP contribution in [-0.4, -0.2) is 5.78 Å². The maximum Gasteiger partial charge on any atom is 0.201 e. The molecule has 1 unspecified atom stereocenters. The molecule has 0 aliphatic carbocycles. The monoisotopic (exact) mass is 292 g/mol. The zero-order valence-electron chi connectivity index (χ0n) is 8.94. The molecule has 0 saturated heterocycles. The Bertz CT molecular complexity index is 508. The predicted octanol–water partition coefficient (Wildman–Crippen LogP) is 4.34. The molecule has 0 fully saturated rings. The van der Waals surface area contributed by atoms with Gasteiger partial charge in [-0.25, -0.2) is 4.39 Å². The summed E-state index contributed by atoms with van der Waals surface area (Å²) in [6.07, 6.45) is -1.60. The Morgan fingerprint density at radius 2 is 1.59 bits per heavy atom. The van der Waals surface area contributed by atoms with Gasteiger partial charge in [0.15, 0.2) is 6.17 Å². The molecule has 0 bridgehead atoms. The van der Waals surface area contributed by atoms with Crippen molar-refractivity contribution < 1.29 is 9.18 Å². The van der Waals surface area contributed by atoms with E-state index in [-0.39, 0.29) is 0 Å². The van der Waals surface area contributed by atoms with Crippen molar-refractivity contribution in [2.75, 3.05) is 0 Å². The van der Waals surface area contributed by atoms with Gasteiger partial charge in [0.25, 0.3) is 0 Å². The minimum absolute atomic E-state index is 0.379. The summed E-state index contributed by atoms with van der Waals surface area (Å²) in [5.74, 6) is -0.510. The van der Waals surface area contributed by atoms with Gasteiger partial charge in [-0.2, -0.15) is 0 Å². The Morgan fingerprint density at radius 1 is 1.00 bits per heavy atom. The van der Waals surface area contributed by atoms with Gasteiger partial charge in [0.05, 0.1) is 0 Å². The third-order valence-corrected chi connectivity index (χ3v) is 2.98. The molecule has 0 aliphatic rings. The lowest BCUT2D eigenvalue weighted by Crippen LogP contribution is -2.08. The molecule has 1 nitrogen and oxygen atoms in total. The number of hydrogen-bond acceptors (Lipinski definition) is 1. The standard InChI is InChI=1S/C14H10BrFO/c15-12-8-6-11(7-9-12)14(17)13(16)10-4-2-1-3-5-10/h1-9,13H. The van der Waals surface area contributed by atoms with Gasteiger partial charge in [0, 0.05) is 10.0 Å². The molecular weight excluding hydrogens is 283 g/mol. The average Bonchev–Trinajstić information content (AvgIpc) is 2.39. The van der Waals surface area contributed by atoms with Gasteiger partial charge >= 0.3 is 0 Å². The van der Waals surface area contributed by atoms with Gasteiger partial charge in [-0.3, -0.25) is 4.79 Å². The molecule has 0 spiro atoms. The quantitative estimate of drug-likeness (QED) is 0.769. The Kier molecular flexibility index (Phi) is 3.69. The number of halogens is 2. The van der Waals surface area contributed by atoms with Crippen LogP contribution in [-0.2, 0) is 0 Å². The number of alkyl halides is 1. The fraction of sp³-hybridized carbons (Fsp3) is 0.0714. The number of carbonyl (C=O) groups excluding carboxylic acids is 1. The predicted molar refractivity (Wildman–Crippen MR) is 68.8 cm³/mol. The number of rotatable bonds is 3. The SMILES string of the molecule is O=C(c1ccc(Br)cc1)C(F)c1ccccc1. The highest BCUT2D eigenvalue weighted by atomic mass is 79.9. The number of ketones is 1. The summed E-state index contributed by atoms with van der Waals surface area (Å²) >= 11 is 3.27. The molecule has 2 aromatic carbocycles. The molecule has 0 saturated carbocycles. The summed E-state index contributed by atoms with van der Waals surface area (Å²) in [6.45, 7) is 0. The van der Waals surface area contributed by atoms with Gasteiger partial charge in [-0.15, -0.1) is 0 Å². The summed E-state index contributed by atoms with van der Waals surface area (Å²) in [7, 11) is 0. The highest BCUT2D eigenvalue weighted by Crippen LogP contribution is 2.23. The Labute approximate surface area is 107 Å². The Balaban J connectivity index is 2.23. The molecule has 0 aromatic heterocycles. The summed E-state index contributed by atoms with van der Waals surface area (Å²) in [6, 6.07) is 15.1. The van der Waals surface area contributed by atoms with E-state index in [4.69, 9.17) is 0 Å². The summed E-state index contributed by atoms with van der Waals surface area (Å²) in [5.41, 5.74) is 0.768. The van der Waals surface area contributed by atoms with E-state index in [0.29, 0.717) is 11.1 Å². The van der Waals surface area contributed by atoms with Crippen molar-refractivity contribution in [3.63, 3.8) is 0 Å². The molecule has 2 aromatic rings. The van der Waals surface area contributed by atoms with Crippen LogP contribution in [0, 0.1) is 0 Å². The summed E-state index contributed by atoms with van der Waals surface area (Å²) in [5, 5.41) is 0. The topological polar surface area (TPSA) is 17.1 Å². The van der Waals surface area contributed by atoms with E-state index in [1.807, 2.05) is 0 Å². The van der Waals surface area contributed by atoms with Crippen LogP contribution in [0.25, 0.3) is 0 Å². The lowest BCUT2D eigenvalue weighted by atomic mass is 10.0. The first-order chi connectivity index (χ1) is 8.18. The van der Waals surface area contributed by atoms with E-state index < -0.39 is 12.0 Å². The van der Waals surface area contributed by atoms with E-state index >= 15 is 0 Å². The lowest BCUT2D eigenvalue weighted by molar-refractivity contribution is 0.0878. The van der Waals surface area contributed by atoms with Crippen molar-refractivity contribution in [3.8, 4) is 0 Å². The van der Waals surface area contributed by atoms with E-state index in [1.165, 1.54) is 0 Å². The van der Waals surface area contributed by atoms with Crippen LogP contribution in [0.4, 0.5) is 4.39 Å². The van der Waals surface area contributed by atoms with Gasteiger partial charge in [0.2, 0.25) is 5.78 Å². The van der Waals surface area contributed by atoms with Gasteiger partial charge < -0.3 is 0 Å². The first-order valence-corrected chi connectivity index (χ1v) is 5.96. The van der Waals surface area contributed by atoms with Gasteiger partial charge in [-0.05, 0) is 17.7 Å². The van der Waals surface area contributed by atoms with Crippen LogP contribution in [0.2, 0.25) is 0 Å². The number of carbonyl (C=O) groups is 1. The second kappa shape index (κ2) is 5.23. The molecule has 0 heterocycles. The molecule has 86 valence electrons. The van der Waals surface area contributed by atoms with E-state index in [1.54, 1.807) is 54.6 Å². The number of benzene rings is 2. The second-order valence-corrected chi connectivity index (χ2v) is 4.56. The molecule has 1 atom stereocenters. The summed E-state index contributed by atoms with van der Waals surface area (Å²) in [4.78, 5) is 11.9. The fourth-order valence-corrected chi connectivity index (χ4v) is 1.80. The van der Waals surface area contributed by atoms with Crippen molar-refractivity contribution in [2.24, 2.45) is 0 Å². The average molecular weight is 293 g/mol. The zero-order chi connectivity index (χ0) is 12.3. The van der Waals surface area contributed by atoms with Crippen LogP contribution in [0.1, 0.15) is 22.1 Å². The van der Waals surface area contributed by atoms with Gasteiger partial charge in [0.1, 0.15) is 0 Å². The second-order valence-electron chi connectivity index (χ2n) is 3.64. The van der Waals surface area contributed by atoms with E-state index in [2.05, 4.69) is 15.9 Å². The van der Waals surface area contributed by atoms with Crippen LogP contribution in [0.15, 0.2) is 59.1 Å². The minimum atomic E-state index is -1.60. The van der Waals surface area contributed by atoms with E-state index in [9.17, 15) is 9.18 Å². The number of hydrogen-bond donors (Lipinski definition) is 0. The molecule has 3 heteroatoms. The Hall–Kier alpha value is -1.48. The fourth-order valence-electron chi connectivity index (χ4n) is 1.53. The highest BCUT2D eigenvalue weighted by molar-refractivity contribution is 9.10. The molecule has 0 radical (unpaired) electrons. The van der Waals surface area contributed by atoms with Crippen LogP contribution in [0.5, 0.6) is 0 Å². The van der Waals surface area contributed by atoms with E-state index in [0.717, 1.165) is 4.47 Å². The smallest absolute Gasteiger partial charge is 0.201 e. The maximum atomic E-state index is 14.0.